The van der Waals surface area contributed by atoms with Gasteiger partial charge in [0.1, 0.15) is 0 Å². The zero-order chi connectivity index (χ0) is 12.2. The molecule has 0 unspecified atom stereocenters. The van der Waals surface area contributed by atoms with Gasteiger partial charge in [-0.15, -0.1) is 0 Å². The summed E-state index contributed by atoms with van der Waals surface area (Å²) in [6, 6.07) is 0.342. The molecule has 0 heterocycles. The van der Waals surface area contributed by atoms with Crippen LogP contribution >= 0.6 is 0 Å². The number of carbonyl (C=O) groups excluding carboxylic acids is 1. The molecule has 0 saturated heterocycles. The maximum atomic E-state index is 11.5. The van der Waals surface area contributed by atoms with E-state index in [1.165, 1.54) is 25.7 Å². The van der Waals surface area contributed by atoms with E-state index in [-0.39, 0.29) is 5.91 Å². The molecule has 0 fully saturated rings. The molecule has 0 spiro atoms. The van der Waals surface area contributed by atoms with Crippen LogP contribution in [0.2, 0.25) is 0 Å². The summed E-state index contributed by atoms with van der Waals surface area (Å²) >= 11 is 0. The van der Waals surface area contributed by atoms with Gasteiger partial charge in [-0.25, -0.2) is 0 Å². The summed E-state index contributed by atoms with van der Waals surface area (Å²) in [6.07, 6.45) is 7.01. The lowest BCUT2D eigenvalue weighted by Crippen LogP contribution is -2.40. The van der Waals surface area contributed by atoms with Crippen LogP contribution in [0.15, 0.2) is 0 Å². The van der Waals surface area contributed by atoms with E-state index in [9.17, 15) is 4.79 Å². The van der Waals surface area contributed by atoms with Crippen molar-refractivity contribution in [3.8, 4) is 0 Å². The second-order valence-electron chi connectivity index (χ2n) is 4.32. The number of hydrogen-bond acceptors (Lipinski definition) is 2. The van der Waals surface area contributed by atoms with Crippen molar-refractivity contribution in [1.29, 1.82) is 0 Å². The first-order chi connectivity index (χ1) is 7.74. The lowest BCUT2D eigenvalue weighted by atomic mass is 10.2. The van der Waals surface area contributed by atoms with E-state index in [0.717, 1.165) is 19.4 Å². The second-order valence-corrected chi connectivity index (χ2v) is 4.32. The molecule has 0 aromatic heterocycles. The molecule has 0 aromatic carbocycles. The summed E-state index contributed by atoms with van der Waals surface area (Å²) < 4.78 is 0. The van der Waals surface area contributed by atoms with Crippen LogP contribution in [0, 0.1) is 0 Å². The van der Waals surface area contributed by atoms with Gasteiger partial charge in [0, 0.05) is 6.04 Å². The number of carbonyl (C=O) groups is 1. The Kier molecular flexibility index (Phi) is 10.5. The fourth-order valence-corrected chi connectivity index (χ4v) is 1.65. The normalized spacial score (nSPS) is 10.8. The Bertz CT molecular complexity index is 167. The predicted octanol–water partition coefficient (Wildman–Crippen LogP) is 2.46. The minimum absolute atomic E-state index is 0.129. The first-order valence-corrected chi connectivity index (χ1v) is 6.74. The molecule has 2 N–H and O–H groups in total. The van der Waals surface area contributed by atoms with E-state index in [1.54, 1.807) is 0 Å². The molecule has 3 nitrogen and oxygen atoms in total. The lowest BCUT2D eigenvalue weighted by molar-refractivity contribution is -0.121. The van der Waals surface area contributed by atoms with Crippen LogP contribution in [0.1, 0.15) is 59.3 Å². The average Bonchev–Trinajstić information content (AvgIpc) is 2.30. The van der Waals surface area contributed by atoms with Gasteiger partial charge in [0.25, 0.3) is 0 Å². The van der Waals surface area contributed by atoms with Crippen molar-refractivity contribution in [2.24, 2.45) is 0 Å². The van der Waals surface area contributed by atoms with Gasteiger partial charge in [-0.05, 0) is 25.8 Å². The highest BCUT2D eigenvalue weighted by atomic mass is 16.1. The number of amides is 1. The third-order valence-corrected chi connectivity index (χ3v) is 2.84. The lowest BCUT2D eigenvalue weighted by Gasteiger charge is -2.14. The fraction of sp³-hybridized carbons (Fsp3) is 0.923. The smallest absolute Gasteiger partial charge is 0.234 e. The SMILES string of the molecule is CCCCCCNCC(=O)NC(CC)CC. The molecule has 0 aliphatic carbocycles. The van der Waals surface area contributed by atoms with Crippen LogP contribution in [0.25, 0.3) is 0 Å². The molecule has 0 saturated carbocycles. The maximum absolute atomic E-state index is 11.5. The molecular weight excluding hydrogens is 200 g/mol. The molecule has 16 heavy (non-hydrogen) atoms. The first-order valence-electron chi connectivity index (χ1n) is 6.74. The summed E-state index contributed by atoms with van der Waals surface area (Å²) in [5, 5.41) is 6.20. The molecule has 0 radical (unpaired) electrons. The monoisotopic (exact) mass is 228 g/mol. The molecule has 0 bridgehead atoms. The summed E-state index contributed by atoms with van der Waals surface area (Å²) in [5.41, 5.74) is 0. The minimum Gasteiger partial charge on any atom is -0.352 e. The van der Waals surface area contributed by atoms with Gasteiger partial charge in [0.05, 0.1) is 6.54 Å². The van der Waals surface area contributed by atoms with Gasteiger partial charge in [-0.3, -0.25) is 4.79 Å². The quantitative estimate of drug-likeness (QED) is 0.564. The van der Waals surface area contributed by atoms with Crippen molar-refractivity contribution in [3.63, 3.8) is 0 Å². The van der Waals surface area contributed by atoms with Crippen LogP contribution in [-0.4, -0.2) is 25.0 Å². The van der Waals surface area contributed by atoms with E-state index in [4.69, 9.17) is 0 Å². The van der Waals surface area contributed by atoms with E-state index in [2.05, 4.69) is 31.4 Å². The van der Waals surface area contributed by atoms with Crippen molar-refractivity contribution < 1.29 is 4.79 Å². The zero-order valence-corrected chi connectivity index (χ0v) is 11.1. The number of nitrogens with one attached hydrogen (secondary N) is 2. The van der Waals surface area contributed by atoms with Gasteiger partial charge < -0.3 is 10.6 Å². The Labute approximate surface area is 100 Å². The van der Waals surface area contributed by atoms with E-state index in [1.807, 2.05) is 0 Å². The van der Waals surface area contributed by atoms with E-state index in [0.29, 0.717) is 12.6 Å². The fourth-order valence-electron chi connectivity index (χ4n) is 1.65. The summed E-state index contributed by atoms with van der Waals surface area (Å²) in [4.78, 5) is 11.5. The Morgan fingerprint density at radius 1 is 1.06 bits per heavy atom. The summed E-state index contributed by atoms with van der Waals surface area (Å²) in [6.45, 7) is 7.83. The predicted molar refractivity (Wildman–Crippen MR) is 69.5 cm³/mol. The molecule has 0 atom stereocenters. The van der Waals surface area contributed by atoms with E-state index < -0.39 is 0 Å². The molecule has 96 valence electrons. The highest BCUT2D eigenvalue weighted by molar-refractivity contribution is 5.78. The van der Waals surface area contributed by atoms with Gasteiger partial charge in [0.15, 0.2) is 0 Å². The molecule has 0 rings (SSSR count). The average molecular weight is 228 g/mol. The molecule has 1 amide bonds. The Balaban J connectivity index is 3.36. The standard InChI is InChI=1S/C13H28N2O/c1-4-7-8-9-10-14-11-13(16)15-12(5-2)6-3/h12,14H,4-11H2,1-3H3,(H,15,16). The van der Waals surface area contributed by atoms with Crippen LogP contribution in [0.3, 0.4) is 0 Å². The Hall–Kier alpha value is -0.570. The Morgan fingerprint density at radius 3 is 2.31 bits per heavy atom. The van der Waals surface area contributed by atoms with Gasteiger partial charge in [-0.2, -0.15) is 0 Å². The molecule has 3 heteroatoms. The van der Waals surface area contributed by atoms with E-state index >= 15 is 0 Å². The third-order valence-electron chi connectivity index (χ3n) is 2.84. The number of unbranched alkanes of at least 4 members (excludes halogenated alkanes) is 3. The first kappa shape index (κ1) is 15.4. The molecular formula is C13H28N2O. The highest BCUT2D eigenvalue weighted by Crippen LogP contribution is 1.97. The zero-order valence-electron chi connectivity index (χ0n) is 11.1. The van der Waals surface area contributed by atoms with Gasteiger partial charge >= 0.3 is 0 Å². The van der Waals surface area contributed by atoms with Crippen molar-refractivity contribution in [1.82, 2.24) is 10.6 Å². The van der Waals surface area contributed by atoms with Gasteiger partial charge in [0.2, 0.25) is 5.91 Å². The van der Waals surface area contributed by atoms with Crippen molar-refractivity contribution >= 4 is 5.91 Å². The highest BCUT2D eigenvalue weighted by Gasteiger charge is 2.06. The third kappa shape index (κ3) is 8.72. The van der Waals surface area contributed by atoms with Crippen LogP contribution in [0.5, 0.6) is 0 Å². The van der Waals surface area contributed by atoms with Crippen molar-refractivity contribution in [2.45, 2.75) is 65.3 Å². The minimum atomic E-state index is 0.129. The topological polar surface area (TPSA) is 41.1 Å². The number of hydrogen-bond donors (Lipinski definition) is 2. The van der Waals surface area contributed by atoms with Crippen LogP contribution in [-0.2, 0) is 4.79 Å². The summed E-state index contributed by atoms with van der Waals surface area (Å²) in [5.74, 6) is 0.129. The largest absolute Gasteiger partial charge is 0.352 e. The second kappa shape index (κ2) is 10.9. The van der Waals surface area contributed by atoms with Crippen molar-refractivity contribution in [2.75, 3.05) is 13.1 Å². The van der Waals surface area contributed by atoms with Crippen LogP contribution < -0.4 is 10.6 Å². The van der Waals surface area contributed by atoms with Gasteiger partial charge in [-0.1, -0.05) is 40.0 Å². The maximum Gasteiger partial charge on any atom is 0.234 e. The molecule has 0 aromatic rings. The summed E-state index contributed by atoms with van der Waals surface area (Å²) in [7, 11) is 0. The molecule has 0 aliphatic heterocycles. The van der Waals surface area contributed by atoms with Crippen molar-refractivity contribution in [3.05, 3.63) is 0 Å². The number of rotatable bonds is 10. The van der Waals surface area contributed by atoms with Crippen LogP contribution in [0.4, 0.5) is 0 Å². The Morgan fingerprint density at radius 2 is 1.75 bits per heavy atom. The molecule has 0 aliphatic rings.